The molecule has 6 heteroatoms. The Morgan fingerprint density at radius 3 is 2.33 bits per heavy atom. The Labute approximate surface area is 86.9 Å². The van der Waals surface area contributed by atoms with Crippen LogP contribution in [0.2, 0.25) is 0 Å². The molecule has 0 bridgehead atoms. The molecule has 15 heavy (non-hydrogen) atoms. The standard InChI is InChI=1S/C9H16F3N3/c1-15(6-9(10,11)12)5-8(2-3-8)4-7(13)14/h2-6H2,1H3,(H3,13,14). The molecule has 1 saturated carbocycles. The Hall–Kier alpha value is -0.780. The second-order valence-corrected chi connectivity index (χ2v) is 4.49. The van der Waals surface area contributed by atoms with Gasteiger partial charge in [0, 0.05) is 13.0 Å². The lowest BCUT2D eigenvalue weighted by Gasteiger charge is -2.24. The van der Waals surface area contributed by atoms with Crippen LogP contribution in [0, 0.1) is 10.8 Å². The molecule has 3 N–H and O–H groups in total. The van der Waals surface area contributed by atoms with E-state index in [1.54, 1.807) is 0 Å². The van der Waals surface area contributed by atoms with E-state index in [9.17, 15) is 13.2 Å². The van der Waals surface area contributed by atoms with Gasteiger partial charge in [-0.25, -0.2) is 0 Å². The van der Waals surface area contributed by atoms with Crippen molar-refractivity contribution in [3.05, 3.63) is 0 Å². The normalized spacial score (nSPS) is 19.3. The summed E-state index contributed by atoms with van der Waals surface area (Å²) in [7, 11) is 1.45. The van der Waals surface area contributed by atoms with Crippen LogP contribution in [0.3, 0.4) is 0 Å². The van der Waals surface area contributed by atoms with Crippen molar-refractivity contribution in [3.8, 4) is 0 Å². The molecule has 1 aliphatic rings. The van der Waals surface area contributed by atoms with Gasteiger partial charge in [-0.15, -0.1) is 0 Å². The van der Waals surface area contributed by atoms with Crippen LogP contribution in [0.25, 0.3) is 0 Å². The SMILES string of the molecule is CN(CC(F)(F)F)CC1(CC(=N)N)CC1. The average molecular weight is 223 g/mol. The highest BCUT2D eigenvalue weighted by Gasteiger charge is 2.44. The highest BCUT2D eigenvalue weighted by molar-refractivity contribution is 5.78. The Morgan fingerprint density at radius 1 is 1.47 bits per heavy atom. The van der Waals surface area contributed by atoms with Gasteiger partial charge >= 0.3 is 6.18 Å². The predicted octanol–water partition coefficient (Wildman–Crippen LogP) is 1.59. The van der Waals surface area contributed by atoms with Crippen molar-refractivity contribution in [2.75, 3.05) is 20.1 Å². The van der Waals surface area contributed by atoms with Crippen molar-refractivity contribution >= 4 is 5.84 Å². The lowest BCUT2D eigenvalue weighted by atomic mass is 10.0. The lowest BCUT2D eigenvalue weighted by Crippen LogP contribution is -2.36. The van der Waals surface area contributed by atoms with Gasteiger partial charge < -0.3 is 5.73 Å². The minimum Gasteiger partial charge on any atom is -0.388 e. The smallest absolute Gasteiger partial charge is 0.388 e. The molecule has 0 atom stereocenters. The Kier molecular flexibility index (Phi) is 3.28. The number of rotatable bonds is 5. The number of halogens is 3. The second kappa shape index (κ2) is 4.00. The van der Waals surface area contributed by atoms with E-state index in [0.29, 0.717) is 13.0 Å². The number of hydrogen-bond acceptors (Lipinski definition) is 2. The number of alkyl halides is 3. The van der Waals surface area contributed by atoms with Gasteiger partial charge in [-0.1, -0.05) is 0 Å². The highest BCUT2D eigenvalue weighted by atomic mass is 19.4. The van der Waals surface area contributed by atoms with Crippen LogP contribution in [-0.2, 0) is 0 Å². The van der Waals surface area contributed by atoms with Gasteiger partial charge in [0.1, 0.15) is 0 Å². The predicted molar refractivity (Wildman–Crippen MR) is 51.8 cm³/mol. The summed E-state index contributed by atoms with van der Waals surface area (Å²) in [6.45, 7) is -0.529. The Balaban J connectivity index is 2.38. The van der Waals surface area contributed by atoms with Gasteiger partial charge in [-0.05, 0) is 25.3 Å². The molecule has 88 valence electrons. The second-order valence-electron chi connectivity index (χ2n) is 4.49. The van der Waals surface area contributed by atoms with Gasteiger partial charge in [0.05, 0.1) is 12.4 Å². The maximum atomic E-state index is 12.1. The molecule has 0 unspecified atom stereocenters. The third-order valence-electron chi connectivity index (χ3n) is 2.58. The van der Waals surface area contributed by atoms with Crippen molar-refractivity contribution in [1.29, 1.82) is 5.41 Å². The number of nitrogens with two attached hydrogens (primary N) is 1. The van der Waals surface area contributed by atoms with Gasteiger partial charge in [-0.2, -0.15) is 13.2 Å². The molecule has 1 aliphatic carbocycles. The largest absolute Gasteiger partial charge is 0.401 e. The van der Waals surface area contributed by atoms with Crippen molar-refractivity contribution in [2.24, 2.45) is 11.1 Å². The van der Waals surface area contributed by atoms with Crippen LogP contribution in [0.4, 0.5) is 13.2 Å². The first-order chi connectivity index (χ1) is 6.72. The van der Waals surface area contributed by atoms with Crippen LogP contribution in [-0.4, -0.2) is 37.0 Å². The monoisotopic (exact) mass is 223 g/mol. The van der Waals surface area contributed by atoms with Gasteiger partial charge in [0.2, 0.25) is 0 Å². The maximum absolute atomic E-state index is 12.1. The quantitative estimate of drug-likeness (QED) is 0.549. The van der Waals surface area contributed by atoms with E-state index in [4.69, 9.17) is 11.1 Å². The summed E-state index contributed by atoms with van der Waals surface area (Å²) in [5.74, 6) is 0.0629. The highest BCUT2D eigenvalue weighted by Crippen LogP contribution is 2.49. The van der Waals surface area contributed by atoms with E-state index < -0.39 is 12.7 Å². The number of hydrogen-bond donors (Lipinski definition) is 2. The molecule has 0 aromatic rings. The summed E-state index contributed by atoms with van der Waals surface area (Å²) in [6, 6.07) is 0. The molecule has 0 radical (unpaired) electrons. The Bertz CT molecular complexity index is 245. The fourth-order valence-electron chi connectivity index (χ4n) is 1.91. The molecule has 0 spiro atoms. The molecule has 0 aliphatic heterocycles. The van der Waals surface area contributed by atoms with E-state index in [2.05, 4.69) is 0 Å². The maximum Gasteiger partial charge on any atom is 0.401 e. The van der Waals surface area contributed by atoms with Crippen LogP contribution >= 0.6 is 0 Å². The molecule has 0 amide bonds. The van der Waals surface area contributed by atoms with Crippen molar-refractivity contribution < 1.29 is 13.2 Å². The van der Waals surface area contributed by atoms with Crippen LogP contribution < -0.4 is 5.73 Å². The van der Waals surface area contributed by atoms with E-state index in [1.807, 2.05) is 0 Å². The summed E-state index contributed by atoms with van der Waals surface area (Å²) in [5, 5.41) is 7.15. The third-order valence-corrected chi connectivity index (χ3v) is 2.58. The summed E-state index contributed by atoms with van der Waals surface area (Å²) in [5.41, 5.74) is 5.10. The zero-order chi connectivity index (χ0) is 11.7. The molecule has 0 saturated heterocycles. The van der Waals surface area contributed by atoms with Crippen LogP contribution in [0.1, 0.15) is 19.3 Å². The molecular weight excluding hydrogens is 207 g/mol. The summed E-state index contributed by atoms with van der Waals surface area (Å²) in [6.07, 6.45) is -2.00. The summed E-state index contributed by atoms with van der Waals surface area (Å²) < 4.78 is 36.2. The minimum absolute atomic E-state index is 0.0629. The number of amidine groups is 1. The van der Waals surface area contributed by atoms with Gasteiger partial charge in [-0.3, -0.25) is 10.3 Å². The summed E-state index contributed by atoms with van der Waals surface area (Å²) >= 11 is 0. The number of nitrogens with zero attached hydrogens (tertiary/aromatic N) is 1. The van der Waals surface area contributed by atoms with Crippen molar-refractivity contribution in [3.63, 3.8) is 0 Å². The molecule has 0 aromatic carbocycles. The first kappa shape index (κ1) is 12.3. The molecule has 1 fully saturated rings. The van der Waals surface area contributed by atoms with Crippen molar-refractivity contribution in [2.45, 2.75) is 25.4 Å². The molecular formula is C9H16F3N3. The molecule has 0 aromatic heterocycles. The topological polar surface area (TPSA) is 53.1 Å². The van der Waals surface area contributed by atoms with Gasteiger partial charge in [0.15, 0.2) is 0 Å². The zero-order valence-electron chi connectivity index (χ0n) is 8.69. The lowest BCUT2D eigenvalue weighted by molar-refractivity contribution is -0.144. The summed E-state index contributed by atoms with van der Waals surface area (Å²) in [4.78, 5) is 1.26. The van der Waals surface area contributed by atoms with Crippen LogP contribution in [0.15, 0.2) is 0 Å². The first-order valence-electron chi connectivity index (χ1n) is 4.81. The Morgan fingerprint density at radius 2 is 2.00 bits per heavy atom. The molecule has 0 heterocycles. The van der Waals surface area contributed by atoms with Crippen molar-refractivity contribution in [1.82, 2.24) is 4.90 Å². The van der Waals surface area contributed by atoms with E-state index in [0.717, 1.165) is 12.8 Å². The minimum atomic E-state index is -4.15. The van der Waals surface area contributed by atoms with Crippen LogP contribution in [0.5, 0.6) is 0 Å². The molecule has 1 rings (SSSR count). The number of nitrogens with one attached hydrogen (secondary N) is 1. The third kappa shape index (κ3) is 4.51. The fourth-order valence-corrected chi connectivity index (χ4v) is 1.91. The van der Waals surface area contributed by atoms with E-state index in [-0.39, 0.29) is 11.3 Å². The molecule has 3 nitrogen and oxygen atoms in total. The average Bonchev–Trinajstić information content (AvgIpc) is 2.61. The first-order valence-corrected chi connectivity index (χ1v) is 4.81. The fraction of sp³-hybridized carbons (Fsp3) is 0.889. The van der Waals surface area contributed by atoms with E-state index in [1.165, 1.54) is 11.9 Å². The zero-order valence-corrected chi connectivity index (χ0v) is 8.69. The van der Waals surface area contributed by atoms with E-state index >= 15 is 0 Å². The van der Waals surface area contributed by atoms with Gasteiger partial charge in [0.25, 0.3) is 0 Å².